The van der Waals surface area contributed by atoms with Gasteiger partial charge in [0, 0.05) is 12.6 Å². The Bertz CT molecular complexity index is 449. The normalized spacial score (nSPS) is 15.7. The van der Waals surface area contributed by atoms with E-state index in [1.54, 1.807) is 6.07 Å². The molecule has 0 bridgehead atoms. The van der Waals surface area contributed by atoms with E-state index in [1.807, 2.05) is 6.92 Å². The van der Waals surface area contributed by atoms with Crippen LogP contribution in [0.5, 0.6) is 0 Å². The largest absolute Gasteiger partial charge is 0.480 e. The van der Waals surface area contributed by atoms with Crippen LogP contribution >= 0.6 is 0 Å². The van der Waals surface area contributed by atoms with Crippen LogP contribution in [-0.4, -0.2) is 33.6 Å². The predicted molar refractivity (Wildman–Crippen MR) is 77.8 cm³/mol. The van der Waals surface area contributed by atoms with Gasteiger partial charge in [-0.2, -0.15) is 0 Å². The fraction of sp³-hybridized carbons (Fsp3) is 0.643. The van der Waals surface area contributed by atoms with Crippen LogP contribution < -0.4 is 10.6 Å². The molecular formula is C14H22N4O2. The number of carboxylic acid groups (broad SMARTS) is 1. The van der Waals surface area contributed by atoms with Crippen LogP contribution in [0.25, 0.3) is 0 Å². The highest BCUT2D eigenvalue weighted by molar-refractivity contribution is 5.76. The maximum atomic E-state index is 11.2. The highest BCUT2D eigenvalue weighted by Crippen LogP contribution is 2.28. The molecule has 0 aliphatic heterocycles. The van der Waals surface area contributed by atoms with Crippen molar-refractivity contribution < 1.29 is 9.90 Å². The number of anilines is 2. The van der Waals surface area contributed by atoms with Crippen LogP contribution in [0.2, 0.25) is 0 Å². The smallest absolute Gasteiger partial charge is 0.326 e. The van der Waals surface area contributed by atoms with Crippen LogP contribution in [0.15, 0.2) is 12.4 Å². The number of rotatable bonds is 9. The van der Waals surface area contributed by atoms with Gasteiger partial charge in [0.05, 0.1) is 0 Å². The predicted octanol–water partition coefficient (Wildman–Crippen LogP) is 2.35. The molecule has 0 saturated heterocycles. The van der Waals surface area contributed by atoms with Gasteiger partial charge in [-0.3, -0.25) is 0 Å². The second-order valence-corrected chi connectivity index (χ2v) is 5.29. The van der Waals surface area contributed by atoms with Gasteiger partial charge < -0.3 is 15.7 Å². The van der Waals surface area contributed by atoms with Crippen molar-refractivity contribution in [1.29, 1.82) is 0 Å². The number of hydrogen-bond donors (Lipinski definition) is 3. The SMILES string of the molecule is CCCCC(Nc1cc(NCC2CC2)ncn1)C(=O)O. The molecule has 0 radical (unpaired) electrons. The van der Waals surface area contributed by atoms with Crippen LogP contribution in [0.3, 0.4) is 0 Å². The number of aliphatic carboxylic acids is 1. The number of unbranched alkanes of at least 4 members (excludes halogenated alkanes) is 1. The van der Waals surface area contributed by atoms with E-state index in [-0.39, 0.29) is 0 Å². The lowest BCUT2D eigenvalue weighted by atomic mass is 10.1. The summed E-state index contributed by atoms with van der Waals surface area (Å²) in [7, 11) is 0. The third kappa shape index (κ3) is 4.68. The van der Waals surface area contributed by atoms with Gasteiger partial charge in [0.25, 0.3) is 0 Å². The molecule has 1 saturated carbocycles. The average molecular weight is 278 g/mol. The molecule has 1 aliphatic carbocycles. The van der Waals surface area contributed by atoms with Gasteiger partial charge >= 0.3 is 5.97 Å². The Morgan fingerprint density at radius 1 is 1.45 bits per heavy atom. The van der Waals surface area contributed by atoms with Crippen molar-refractivity contribution >= 4 is 17.6 Å². The lowest BCUT2D eigenvalue weighted by Crippen LogP contribution is -2.29. The summed E-state index contributed by atoms with van der Waals surface area (Å²) in [6.07, 6.45) is 6.46. The topological polar surface area (TPSA) is 87.1 Å². The zero-order chi connectivity index (χ0) is 14.4. The van der Waals surface area contributed by atoms with Gasteiger partial charge in [0.1, 0.15) is 24.0 Å². The summed E-state index contributed by atoms with van der Waals surface area (Å²) in [5.74, 6) is 1.22. The van der Waals surface area contributed by atoms with Crippen molar-refractivity contribution in [1.82, 2.24) is 9.97 Å². The summed E-state index contributed by atoms with van der Waals surface area (Å²) in [4.78, 5) is 19.4. The Morgan fingerprint density at radius 3 is 2.85 bits per heavy atom. The van der Waals surface area contributed by atoms with Crippen LogP contribution in [0.1, 0.15) is 39.0 Å². The van der Waals surface area contributed by atoms with Crippen LogP contribution in [0.4, 0.5) is 11.6 Å². The standard InChI is InChI=1S/C14H22N4O2/c1-2-3-4-11(14(19)20)18-13-7-12(16-9-17-13)15-8-10-5-6-10/h7,9-11H,2-6,8H2,1H3,(H,19,20)(H2,15,16,17,18). The van der Waals surface area contributed by atoms with Crippen molar-refractivity contribution in [2.75, 3.05) is 17.2 Å². The van der Waals surface area contributed by atoms with Crippen molar-refractivity contribution in [3.63, 3.8) is 0 Å². The van der Waals surface area contributed by atoms with Crippen molar-refractivity contribution in [3.05, 3.63) is 12.4 Å². The number of carbonyl (C=O) groups is 1. The molecule has 3 N–H and O–H groups in total. The molecule has 0 amide bonds. The quantitative estimate of drug-likeness (QED) is 0.642. The lowest BCUT2D eigenvalue weighted by Gasteiger charge is -2.15. The van der Waals surface area contributed by atoms with E-state index in [0.29, 0.717) is 12.2 Å². The fourth-order valence-electron chi connectivity index (χ4n) is 1.95. The first kappa shape index (κ1) is 14.6. The molecule has 6 nitrogen and oxygen atoms in total. The molecule has 1 fully saturated rings. The van der Waals surface area contributed by atoms with E-state index in [0.717, 1.165) is 31.1 Å². The summed E-state index contributed by atoms with van der Waals surface area (Å²) in [5, 5.41) is 15.4. The first-order valence-electron chi connectivity index (χ1n) is 7.24. The number of nitrogens with one attached hydrogen (secondary N) is 2. The molecule has 1 atom stereocenters. The third-order valence-corrected chi connectivity index (χ3v) is 3.40. The summed E-state index contributed by atoms with van der Waals surface area (Å²) >= 11 is 0. The monoisotopic (exact) mass is 278 g/mol. The Morgan fingerprint density at radius 2 is 2.20 bits per heavy atom. The number of aromatic nitrogens is 2. The van der Waals surface area contributed by atoms with Gasteiger partial charge in [-0.05, 0) is 25.2 Å². The first-order valence-corrected chi connectivity index (χ1v) is 7.24. The summed E-state index contributed by atoms with van der Waals surface area (Å²) < 4.78 is 0. The van der Waals surface area contributed by atoms with Gasteiger partial charge in [-0.1, -0.05) is 19.8 Å². The summed E-state index contributed by atoms with van der Waals surface area (Å²) in [6, 6.07) is 1.17. The van der Waals surface area contributed by atoms with Crippen LogP contribution in [0, 0.1) is 5.92 Å². The fourth-order valence-corrected chi connectivity index (χ4v) is 1.95. The molecule has 1 unspecified atom stereocenters. The zero-order valence-electron chi connectivity index (χ0n) is 11.8. The molecule has 0 aromatic carbocycles. The lowest BCUT2D eigenvalue weighted by molar-refractivity contribution is -0.138. The number of nitrogens with zero attached hydrogens (tertiary/aromatic N) is 2. The summed E-state index contributed by atoms with van der Waals surface area (Å²) in [6.45, 7) is 2.97. The van der Waals surface area contributed by atoms with E-state index in [9.17, 15) is 9.90 Å². The highest BCUT2D eigenvalue weighted by atomic mass is 16.4. The Kier molecular flexibility index (Phi) is 5.15. The molecule has 1 aromatic heterocycles. The minimum absolute atomic E-state index is 0.557. The van der Waals surface area contributed by atoms with Gasteiger partial charge in [0.15, 0.2) is 0 Å². The number of carboxylic acids is 1. The van der Waals surface area contributed by atoms with Gasteiger partial charge in [-0.15, -0.1) is 0 Å². The van der Waals surface area contributed by atoms with E-state index < -0.39 is 12.0 Å². The Hall–Kier alpha value is -1.85. The Labute approximate surface area is 119 Å². The van der Waals surface area contributed by atoms with E-state index in [4.69, 9.17) is 0 Å². The van der Waals surface area contributed by atoms with E-state index >= 15 is 0 Å². The molecule has 110 valence electrons. The number of hydrogen-bond acceptors (Lipinski definition) is 5. The van der Waals surface area contributed by atoms with Crippen molar-refractivity contribution in [2.24, 2.45) is 5.92 Å². The average Bonchev–Trinajstić information content (AvgIpc) is 3.25. The second-order valence-electron chi connectivity index (χ2n) is 5.29. The van der Waals surface area contributed by atoms with Crippen molar-refractivity contribution in [3.8, 4) is 0 Å². The van der Waals surface area contributed by atoms with Crippen molar-refractivity contribution in [2.45, 2.75) is 45.1 Å². The van der Waals surface area contributed by atoms with E-state index in [2.05, 4.69) is 20.6 Å². The molecule has 2 rings (SSSR count). The minimum atomic E-state index is -0.843. The molecule has 1 aromatic rings. The molecule has 1 aliphatic rings. The molecule has 6 heteroatoms. The highest BCUT2D eigenvalue weighted by Gasteiger charge is 2.21. The van der Waals surface area contributed by atoms with Gasteiger partial charge in [-0.25, -0.2) is 14.8 Å². The van der Waals surface area contributed by atoms with E-state index in [1.165, 1.54) is 19.2 Å². The molecule has 1 heterocycles. The molecular weight excluding hydrogens is 256 g/mol. The summed E-state index contributed by atoms with van der Waals surface area (Å²) in [5.41, 5.74) is 0. The van der Waals surface area contributed by atoms with Gasteiger partial charge in [0.2, 0.25) is 0 Å². The third-order valence-electron chi connectivity index (χ3n) is 3.40. The molecule has 20 heavy (non-hydrogen) atoms. The zero-order valence-corrected chi connectivity index (χ0v) is 11.8. The maximum Gasteiger partial charge on any atom is 0.326 e. The Balaban J connectivity index is 1.91. The van der Waals surface area contributed by atoms with Crippen LogP contribution in [-0.2, 0) is 4.79 Å². The second kappa shape index (κ2) is 7.07. The maximum absolute atomic E-state index is 11.2. The first-order chi connectivity index (χ1) is 9.69. The molecule has 0 spiro atoms. The minimum Gasteiger partial charge on any atom is -0.480 e.